The number of hydrogen-bond acceptors (Lipinski definition) is 4. The number of likely N-dealkylation sites (tertiary alicyclic amines) is 1. The number of nitrogens with one attached hydrogen (secondary N) is 1. The molecule has 1 aliphatic rings. The second kappa shape index (κ2) is 10.9. The van der Waals surface area contributed by atoms with Crippen LogP contribution in [0.5, 0.6) is 0 Å². The van der Waals surface area contributed by atoms with Crippen molar-refractivity contribution in [3.05, 3.63) is 11.6 Å². The predicted octanol–water partition coefficient (Wildman–Crippen LogP) is 2.91. The average molecular weight is 424 g/mol. The van der Waals surface area contributed by atoms with E-state index in [1.165, 1.54) is 6.92 Å². The predicted molar refractivity (Wildman–Crippen MR) is 119 cm³/mol. The van der Waals surface area contributed by atoms with Gasteiger partial charge in [0.25, 0.3) is 0 Å². The molecule has 0 aromatic heterocycles. The Balaban J connectivity index is 3.11. The maximum Gasteiger partial charge on any atom is 0.331 e. The van der Waals surface area contributed by atoms with Crippen LogP contribution in [0.3, 0.4) is 0 Å². The van der Waals surface area contributed by atoms with E-state index in [9.17, 15) is 19.5 Å². The normalized spacial score (nSPS) is 21.0. The van der Waals surface area contributed by atoms with Gasteiger partial charge < -0.3 is 15.3 Å². The smallest absolute Gasteiger partial charge is 0.331 e. The Morgan fingerprint density at radius 3 is 2.27 bits per heavy atom. The van der Waals surface area contributed by atoms with E-state index in [4.69, 9.17) is 0 Å². The average Bonchev–Trinajstić information content (AvgIpc) is 2.85. The van der Waals surface area contributed by atoms with Gasteiger partial charge in [0.2, 0.25) is 11.8 Å². The van der Waals surface area contributed by atoms with Gasteiger partial charge in [0.05, 0.1) is 12.1 Å². The van der Waals surface area contributed by atoms with Crippen molar-refractivity contribution >= 4 is 17.8 Å². The van der Waals surface area contributed by atoms with Crippen LogP contribution in [0.1, 0.15) is 67.2 Å². The van der Waals surface area contributed by atoms with E-state index in [1.807, 2.05) is 41.7 Å². The molecule has 7 nitrogen and oxygen atoms in total. The Morgan fingerprint density at radius 1 is 1.17 bits per heavy atom. The number of aliphatic carboxylic acids is 1. The molecule has 30 heavy (non-hydrogen) atoms. The van der Waals surface area contributed by atoms with E-state index in [2.05, 4.69) is 10.2 Å². The van der Waals surface area contributed by atoms with Crippen molar-refractivity contribution in [3.8, 4) is 0 Å². The quantitative estimate of drug-likeness (QED) is 0.615. The Bertz CT molecular complexity index is 651. The molecule has 0 aromatic carbocycles. The standard InChI is InChI=1S/C23H41N3O4/c1-15(2)18(14-16(3)22(29)30)26(8)21(28)19(23(4,5)6)24-20(27)17-12-10-9-11-13-25(17)7/h14-15,17-19H,9-13H2,1-8H3,(H,24,27)(H,29,30)/b16-14+/t17?,18-,19?/m1/s1. The summed E-state index contributed by atoms with van der Waals surface area (Å²) in [5.41, 5.74) is -0.290. The second-order valence-electron chi connectivity index (χ2n) is 9.99. The minimum atomic E-state index is -1.00. The van der Waals surface area contributed by atoms with Crippen LogP contribution in [0.2, 0.25) is 0 Å². The fourth-order valence-corrected chi connectivity index (χ4v) is 3.90. The first kappa shape index (κ1) is 26.1. The van der Waals surface area contributed by atoms with Crippen molar-refractivity contribution in [1.29, 1.82) is 0 Å². The summed E-state index contributed by atoms with van der Waals surface area (Å²) < 4.78 is 0. The number of nitrogens with zero attached hydrogens (tertiary/aromatic N) is 2. The molecular formula is C23H41N3O4. The van der Waals surface area contributed by atoms with E-state index in [0.717, 1.165) is 32.2 Å². The van der Waals surface area contributed by atoms with Gasteiger partial charge >= 0.3 is 5.97 Å². The third kappa shape index (κ3) is 7.11. The molecule has 0 aromatic rings. The fraction of sp³-hybridized carbons (Fsp3) is 0.783. The number of carbonyl (C=O) groups is 3. The van der Waals surface area contributed by atoms with Gasteiger partial charge in [-0.2, -0.15) is 0 Å². The van der Waals surface area contributed by atoms with Crippen molar-refractivity contribution in [1.82, 2.24) is 15.1 Å². The van der Waals surface area contributed by atoms with Crippen LogP contribution < -0.4 is 5.32 Å². The van der Waals surface area contributed by atoms with Gasteiger partial charge in [0.15, 0.2) is 0 Å². The zero-order valence-corrected chi connectivity index (χ0v) is 20.0. The van der Waals surface area contributed by atoms with Crippen LogP contribution in [-0.4, -0.2) is 71.5 Å². The van der Waals surface area contributed by atoms with Crippen LogP contribution in [0, 0.1) is 11.3 Å². The lowest BCUT2D eigenvalue weighted by Crippen LogP contribution is -2.59. The molecule has 1 saturated heterocycles. The molecule has 1 rings (SSSR count). The zero-order valence-electron chi connectivity index (χ0n) is 20.0. The monoisotopic (exact) mass is 423 g/mol. The van der Waals surface area contributed by atoms with Crippen LogP contribution in [0.25, 0.3) is 0 Å². The molecule has 0 saturated carbocycles. The molecule has 172 valence electrons. The van der Waals surface area contributed by atoms with Gasteiger partial charge in [-0.15, -0.1) is 0 Å². The van der Waals surface area contributed by atoms with E-state index >= 15 is 0 Å². The summed E-state index contributed by atoms with van der Waals surface area (Å²) in [6, 6.07) is -1.31. The number of likely N-dealkylation sites (N-methyl/N-ethyl adjacent to an activating group) is 2. The number of hydrogen-bond donors (Lipinski definition) is 2. The highest BCUT2D eigenvalue weighted by Crippen LogP contribution is 2.25. The minimum Gasteiger partial charge on any atom is -0.478 e. The Kier molecular flexibility index (Phi) is 9.53. The summed E-state index contributed by atoms with van der Waals surface area (Å²) in [6.45, 7) is 12.1. The molecular weight excluding hydrogens is 382 g/mol. The van der Waals surface area contributed by atoms with E-state index < -0.39 is 17.4 Å². The lowest BCUT2D eigenvalue weighted by molar-refractivity contribution is -0.141. The third-order valence-corrected chi connectivity index (χ3v) is 5.96. The van der Waals surface area contributed by atoms with Gasteiger partial charge in [0.1, 0.15) is 6.04 Å². The second-order valence-corrected chi connectivity index (χ2v) is 9.99. The number of carboxylic acids is 1. The molecule has 7 heteroatoms. The van der Waals surface area contributed by atoms with E-state index in [-0.39, 0.29) is 35.4 Å². The number of carbonyl (C=O) groups excluding carboxylic acids is 2. The molecule has 2 amide bonds. The van der Waals surface area contributed by atoms with Gasteiger partial charge in [-0.3, -0.25) is 14.5 Å². The summed E-state index contributed by atoms with van der Waals surface area (Å²) >= 11 is 0. The molecule has 2 unspecified atom stereocenters. The molecule has 0 radical (unpaired) electrons. The summed E-state index contributed by atoms with van der Waals surface area (Å²) in [5.74, 6) is -1.30. The van der Waals surface area contributed by atoms with Gasteiger partial charge in [0, 0.05) is 12.6 Å². The first-order valence-electron chi connectivity index (χ1n) is 11.0. The molecule has 1 fully saturated rings. The van der Waals surface area contributed by atoms with Crippen molar-refractivity contribution in [3.63, 3.8) is 0 Å². The van der Waals surface area contributed by atoms with Crippen LogP contribution >= 0.6 is 0 Å². The van der Waals surface area contributed by atoms with Crippen molar-refractivity contribution < 1.29 is 19.5 Å². The lowest BCUT2D eigenvalue weighted by Gasteiger charge is -2.38. The highest BCUT2D eigenvalue weighted by Gasteiger charge is 2.38. The maximum atomic E-state index is 13.5. The van der Waals surface area contributed by atoms with Gasteiger partial charge in [-0.1, -0.05) is 53.5 Å². The molecule has 1 heterocycles. The van der Waals surface area contributed by atoms with Gasteiger partial charge in [-0.25, -0.2) is 4.79 Å². The molecule has 3 atom stereocenters. The molecule has 1 aliphatic heterocycles. The van der Waals surface area contributed by atoms with E-state index in [0.29, 0.717) is 0 Å². The van der Waals surface area contributed by atoms with Crippen LogP contribution in [0.15, 0.2) is 11.6 Å². The molecule has 0 spiro atoms. The number of amides is 2. The van der Waals surface area contributed by atoms with Gasteiger partial charge in [-0.05, 0) is 44.7 Å². The Morgan fingerprint density at radius 2 is 1.77 bits per heavy atom. The summed E-state index contributed by atoms with van der Waals surface area (Å²) in [7, 11) is 3.64. The first-order valence-corrected chi connectivity index (χ1v) is 11.0. The van der Waals surface area contributed by atoms with Crippen molar-refractivity contribution in [2.45, 2.75) is 85.4 Å². The first-order chi connectivity index (χ1) is 13.8. The SMILES string of the molecule is C/C(=C\[C@H](C(C)C)N(C)C(=O)C(NC(=O)C1CCCCCN1C)C(C)(C)C)C(=O)O. The molecule has 0 aliphatic carbocycles. The lowest BCUT2D eigenvalue weighted by atomic mass is 9.84. The molecule has 0 bridgehead atoms. The summed E-state index contributed by atoms with van der Waals surface area (Å²) in [4.78, 5) is 41.5. The van der Waals surface area contributed by atoms with Crippen LogP contribution in [0.4, 0.5) is 0 Å². The van der Waals surface area contributed by atoms with Crippen molar-refractivity contribution in [2.24, 2.45) is 11.3 Å². The molecule has 2 N–H and O–H groups in total. The Hall–Kier alpha value is -1.89. The topological polar surface area (TPSA) is 90.0 Å². The Labute approximate surface area is 181 Å². The zero-order chi connectivity index (χ0) is 23.2. The minimum absolute atomic E-state index is 0.0255. The summed E-state index contributed by atoms with van der Waals surface area (Å²) in [6.07, 6.45) is 5.61. The summed E-state index contributed by atoms with van der Waals surface area (Å²) in [5, 5.41) is 12.3. The third-order valence-electron chi connectivity index (χ3n) is 5.96. The maximum absolute atomic E-state index is 13.5. The largest absolute Gasteiger partial charge is 0.478 e. The van der Waals surface area contributed by atoms with E-state index in [1.54, 1.807) is 18.0 Å². The fourth-order valence-electron chi connectivity index (χ4n) is 3.90. The van der Waals surface area contributed by atoms with Crippen LogP contribution in [-0.2, 0) is 14.4 Å². The highest BCUT2D eigenvalue weighted by molar-refractivity contribution is 5.91. The number of carboxylic acid groups (broad SMARTS) is 1. The number of rotatable bonds is 7. The highest BCUT2D eigenvalue weighted by atomic mass is 16.4. The van der Waals surface area contributed by atoms with Crippen molar-refractivity contribution in [2.75, 3.05) is 20.6 Å².